The van der Waals surface area contributed by atoms with E-state index in [9.17, 15) is 4.39 Å². The number of benzene rings is 2. The Labute approximate surface area is 124 Å². The fourth-order valence-corrected chi connectivity index (χ4v) is 2.90. The van der Waals surface area contributed by atoms with E-state index in [1.807, 2.05) is 12.1 Å². The van der Waals surface area contributed by atoms with Crippen LogP contribution in [0.3, 0.4) is 0 Å². The average molecular weight is 289 g/mol. The summed E-state index contributed by atoms with van der Waals surface area (Å²) in [5.74, 6) is -0.161. The third-order valence-corrected chi connectivity index (χ3v) is 4.28. The summed E-state index contributed by atoms with van der Waals surface area (Å²) in [5.41, 5.74) is 2.46. The summed E-state index contributed by atoms with van der Waals surface area (Å²) in [6.07, 6.45) is 1.14. The molecule has 0 aliphatic heterocycles. The summed E-state index contributed by atoms with van der Waals surface area (Å²) in [6.45, 7) is 6.16. The van der Waals surface area contributed by atoms with Gasteiger partial charge in [0.25, 0.3) is 0 Å². The molecule has 0 aliphatic carbocycles. The lowest BCUT2D eigenvalue weighted by atomic mass is 10.1. The minimum absolute atomic E-state index is 0.161. The van der Waals surface area contributed by atoms with Crippen LogP contribution in [-0.4, -0.2) is 6.54 Å². The van der Waals surface area contributed by atoms with E-state index < -0.39 is 0 Å². The summed E-state index contributed by atoms with van der Waals surface area (Å²) in [7, 11) is 0. The van der Waals surface area contributed by atoms with Crippen LogP contribution in [0, 0.1) is 12.7 Å². The molecule has 0 saturated carbocycles. The summed E-state index contributed by atoms with van der Waals surface area (Å²) in [4.78, 5) is 1.78. The highest BCUT2D eigenvalue weighted by Gasteiger charge is 2.06. The van der Waals surface area contributed by atoms with Gasteiger partial charge in [-0.25, -0.2) is 4.39 Å². The highest BCUT2D eigenvalue weighted by Crippen LogP contribution is 2.32. The van der Waals surface area contributed by atoms with Gasteiger partial charge in [0.15, 0.2) is 0 Å². The summed E-state index contributed by atoms with van der Waals surface area (Å²) in [5, 5.41) is 3.39. The Kier molecular flexibility index (Phi) is 5.62. The van der Waals surface area contributed by atoms with Gasteiger partial charge in [-0.05, 0) is 49.2 Å². The van der Waals surface area contributed by atoms with Crippen LogP contribution < -0.4 is 5.32 Å². The van der Waals surface area contributed by atoms with E-state index in [0.717, 1.165) is 24.4 Å². The van der Waals surface area contributed by atoms with Crippen molar-refractivity contribution in [2.75, 3.05) is 6.54 Å². The Morgan fingerprint density at radius 3 is 2.60 bits per heavy atom. The normalized spacial score (nSPS) is 10.8. The molecule has 1 nitrogen and oxygen atoms in total. The monoisotopic (exact) mass is 289 g/mol. The molecule has 0 amide bonds. The second-order valence-electron chi connectivity index (χ2n) is 4.81. The highest BCUT2D eigenvalue weighted by molar-refractivity contribution is 7.99. The predicted molar refractivity (Wildman–Crippen MR) is 83.7 cm³/mol. The maximum atomic E-state index is 13.7. The summed E-state index contributed by atoms with van der Waals surface area (Å²) < 4.78 is 13.7. The molecule has 2 rings (SSSR count). The second-order valence-corrected chi connectivity index (χ2v) is 5.89. The van der Waals surface area contributed by atoms with Crippen LogP contribution in [0.25, 0.3) is 0 Å². The van der Waals surface area contributed by atoms with Gasteiger partial charge in [-0.1, -0.05) is 43.0 Å². The zero-order valence-corrected chi connectivity index (χ0v) is 12.8. The number of rotatable bonds is 6. The maximum Gasteiger partial charge on any atom is 0.137 e. The quantitative estimate of drug-likeness (QED) is 0.768. The number of halogens is 1. The van der Waals surface area contributed by atoms with Gasteiger partial charge < -0.3 is 5.32 Å². The first kappa shape index (κ1) is 15.1. The van der Waals surface area contributed by atoms with E-state index in [2.05, 4.69) is 37.4 Å². The Morgan fingerprint density at radius 2 is 1.90 bits per heavy atom. The molecule has 2 aromatic carbocycles. The average Bonchev–Trinajstić information content (AvgIpc) is 2.44. The van der Waals surface area contributed by atoms with E-state index >= 15 is 0 Å². The third kappa shape index (κ3) is 4.09. The van der Waals surface area contributed by atoms with Crippen molar-refractivity contribution in [3.8, 4) is 0 Å². The van der Waals surface area contributed by atoms with Crippen molar-refractivity contribution < 1.29 is 4.39 Å². The van der Waals surface area contributed by atoms with E-state index in [1.54, 1.807) is 6.07 Å². The maximum absolute atomic E-state index is 13.7. The van der Waals surface area contributed by atoms with Gasteiger partial charge in [0.05, 0.1) is 0 Å². The zero-order valence-electron chi connectivity index (χ0n) is 11.9. The predicted octanol–water partition coefficient (Wildman–Crippen LogP) is 4.78. The largest absolute Gasteiger partial charge is 0.313 e. The lowest BCUT2D eigenvalue weighted by Gasteiger charge is -2.09. The van der Waals surface area contributed by atoms with Crippen LogP contribution in [0.15, 0.2) is 52.3 Å². The number of aryl methyl sites for hydroxylation is 1. The lowest BCUT2D eigenvalue weighted by Crippen LogP contribution is -2.13. The van der Waals surface area contributed by atoms with Gasteiger partial charge in [0, 0.05) is 16.3 Å². The van der Waals surface area contributed by atoms with Crippen molar-refractivity contribution >= 4 is 11.8 Å². The standard InChI is InChI=1S/C17H20FNS/c1-3-10-19-12-14-8-9-16(13(2)11-14)20-17-7-5-4-6-15(17)18/h4-9,11,19H,3,10,12H2,1-2H3. The minimum atomic E-state index is -0.161. The molecule has 1 N–H and O–H groups in total. The van der Waals surface area contributed by atoms with Gasteiger partial charge in [0.2, 0.25) is 0 Å². The van der Waals surface area contributed by atoms with Crippen molar-refractivity contribution in [1.29, 1.82) is 0 Å². The molecule has 0 aliphatic rings. The van der Waals surface area contributed by atoms with Gasteiger partial charge in [0.1, 0.15) is 5.82 Å². The Balaban J connectivity index is 2.08. The lowest BCUT2D eigenvalue weighted by molar-refractivity contribution is 0.602. The molecule has 0 heterocycles. The van der Waals surface area contributed by atoms with Gasteiger partial charge in [-0.3, -0.25) is 0 Å². The summed E-state index contributed by atoms with van der Waals surface area (Å²) >= 11 is 1.48. The molecule has 2 aromatic rings. The zero-order chi connectivity index (χ0) is 14.4. The first-order valence-corrected chi connectivity index (χ1v) is 7.75. The van der Waals surface area contributed by atoms with E-state index in [0.29, 0.717) is 4.90 Å². The third-order valence-electron chi connectivity index (χ3n) is 3.05. The van der Waals surface area contributed by atoms with E-state index in [4.69, 9.17) is 0 Å². The van der Waals surface area contributed by atoms with Crippen molar-refractivity contribution in [3.05, 3.63) is 59.4 Å². The van der Waals surface area contributed by atoms with Gasteiger partial charge >= 0.3 is 0 Å². The van der Waals surface area contributed by atoms with E-state index in [1.165, 1.54) is 29.0 Å². The highest BCUT2D eigenvalue weighted by atomic mass is 32.2. The van der Waals surface area contributed by atoms with Crippen molar-refractivity contribution in [3.63, 3.8) is 0 Å². The first-order chi connectivity index (χ1) is 9.70. The molecule has 106 valence electrons. The van der Waals surface area contributed by atoms with Crippen LogP contribution in [0.4, 0.5) is 4.39 Å². The van der Waals surface area contributed by atoms with E-state index in [-0.39, 0.29) is 5.82 Å². The van der Waals surface area contributed by atoms with Crippen LogP contribution >= 0.6 is 11.8 Å². The van der Waals surface area contributed by atoms with Crippen LogP contribution in [0.2, 0.25) is 0 Å². The molecule has 0 saturated heterocycles. The fraction of sp³-hybridized carbons (Fsp3) is 0.294. The Morgan fingerprint density at radius 1 is 1.10 bits per heavy atom. The Bertz CT molecular complexity index is 569. The van der Waals surface area contributed by atoms with Gasteiger partial charge in [-0.2, -0.15) is 0 Å². The van der Waals surface area contributed by atoms with Crippen molar-refractivity contribution in [2.24, 2.45) is 0 Å². The molecule has 0 radical (unpaired) electrons. The molecule has 20 heavy (non-hydrogen) atoms. The molecule has 0 bridgehead atoms. The SMILES string of the molecule is CCCNCc1ccc(Sc2ccccc2F)c(C)c1. The number of nitrogens with one attached hydrogen (secondary N) is 1. The molecule has 0 fully saturated rings. The fourth-order valence-electron chi connectivity index (χ4n) is 1.99. The smallest absolute Gasteiger partial charge is 0.137 e. The summed E-state index contributed by atoms with van der Waals surface area (Å²) in [6, 6.07) is 13.3. The molecule has 0 spiro atoms. The molecule has 0 atom stereocenters. The Hall–Kier alpha value is -1.32. The van der Waals surface area contributed by atoms with Crippen LogP contribution in [0.5, 0.6) is 0 Å². The second kappa shape index (κ2) is 7.46. The molecule has 0 unspecified atom stereocenters. The minimum Gasteiger partial charge on any atom is -0.313 e. The van der Waals surface area contributed by atoms with Crippen LogP contribution in [0.1, 0.15) is 24.5 Å². The van der Waals surface area contributed by atoms with Crippen LogP contribution in [-0.2, 0) is 6.54 Å². The van der Waals surface area contributed by atoms with Gasteiger partial charge in [-0.15, -0.1) is 0 Å². The first-order valence-electron chi connectivity index (χ1n) is 6.93. The number of hydrogen-bond donors (Lipinski definition) is 1. The van der Waals surface area contributed by atoms with Crippen molar-refractivity contribution in [2.45, 2.75) is 36.6 Å². The van der Waals surface area contributed by atoms with Crippen molar-refractivity contribution in [1.82, 2.24) is 5.32 Å². The number of hydrogen-bond acceptors (Lipinski definition) is 2. The topological polar surface area (TPSA) is 12.0 Å². The molecular formula is C17H20FNS. The molecule has 3 heteroatoms. The molecular weight excluding hydrogens is 269 g/mol. The molecule has 0 aromatic heterocycles.